The lowest BCUT2D eigenvalue weighted by atomic mass is 10.1. The van der Waals surface area contributed by atoms with E-state index in [-0.39, 0.29) is 24.1 Å². The molecule has 0 saturated carbocycles. The van der Waals surface area contributed by atoms with Gasteiger partial charge in [-0.2, -0.15) is 0 Å². The van der Waals surface area contributed by atoms with E-state index in [1.165, 1.54) is 0 Å². The van der Waals surface area contributed by atoms with Crippen LogP contribution in [0.3, 0.4) is 0 Å². The summed E-state index contributed by atoms with van der Waals surface area (Å²) < 4.78 is 22.1. The fourth-order valence-corrected chi connectivity index (χ4v) is 3.81. The summed E-state index contributed by atoms with van der Waals surface area (Å²) in [6.45, 7) is 5.58. The van der Waals surface area contributed by atoms with Crippen molar-refractivity contribution in [3.8, 4) is 0 Å². The maximum atomic E-state index is 11.9. The molecule has 0 aromatic heterocycles. The molecule has 2 rings (SSSR count). The van der Waals surface area contributed by atoms with Crippen LogP contribution in [0.1, 0.15) is 90.9 Å². The van der Waals surface area contributed by atoms with Crippen molar-refractivity contribution < 1.29 is 28.5 Å². The molecule has 2 saturated heterocycles. The predicted octanol–water partition coefficient (Wildman–Crippen LogP) is 4.33. The van der Waals surface area contributed by atoms with E-state index in [2.05, 4.69) is 0 Å². The van der Waals surface area contributed by atoms with Crippen molar-refractivity contribution >= 4 is 11.9 Å². The monoisotopic (exact) mass is 398 g/mol. The summed E-state index contributed by atoms with van der Waals surface area (Å²) >= 11 is 0. The summed E-state index contributed by atoms with van der Waals surface area (Å²) in [7, 11) is 0. The van der Waals surface area contributed by atoms with Gasteiger partial charge in [-0.15, -0.1) is 0 Å². The first-order valence-corrected chi connectivity index (χ1v) is 11.1. The molecular formula is C22H38O6. The maximum absolute atomic E-state index is 11.9. The van der Waals surface area contributed by atoms with Crippen molar-refractivity contribution in [2.45, 2.75) is 115 Å². The van der Waals surface area contributed by atoms with Crippen LogP contribution in [-0.4, -0.2) is 49.6 Å². The SMILES string of the molecule is C[C@H](CC[C@H]1CCCO1)OC(=O)CCCCC(=O)O[C@@H](C)CC[C@@H]1CCCO1. The van der Waals surface area contributed by atoms with Gasteiger partial charge in [0.1, 0.15) is 0 Å². The summed E-state index contributed by atoms with van der Waals surface area (Å²) in [6.07, 6.45) is 10.6. The van der Waals surface area contributed by atoms with Crippen LogP contribution in [0, 0.1) is 0 Å². The van der Waals surface area contributed by atoms with Gasteiger partial charge in [0.2, 0.25) is 0 Å². The lowest BCUT2D eigenvalue weighted by Crippen LogP contribution is -2.18. The molecule has 4 atom stereocenters. The van der Waals surface area contributed by atoms with Gasteiger partial charge < -0.3 is 18.9 Å². The van der Waals surface area contributed by atoms with Crippen LogP contribution < -0.4 is 0 Å². The van der Waals surface area contributed by atoms with Gasteiger partial charge in [-0.05, 0) is 78.1 Å². The minimum Gasteiger partial charge on any atom is -0.463 e. The van der Waals surface area contributed by atoms with Crippen molar-refractivity contribution in [1.82, 2.24) is 0 Å². The highest BCUT2D eigenvalue weighted by Gasteiger charge is 2.19. The second kappa shape index (κ2) is 13.2. The number of unbranched alkanes of at least 4 members (excludes halogenated alkanes) is 1. The zero-order valence-corrected chi connectivity index (χ0v) is 17.7. The first-order valence-electron chi connectivity index (χ1n) is 11.1. The Labute approximate surface area is 169 Å². The second-order valence-electron chi connectivity index (χ2n) is 8.23. The van der Waals surface area contributed by atoms with Crippen LogP contribution in [0.15, 0.2) is 0 Å². The topological polar surface area (TPSA) is 71.1 Å². The molecule has 2 aliphatic rings. The van der Waals surface area contributed by atoms with E-state index in [0.29, 0.717) is 37.9 Å². The van der Waals surface area contributed by atoms with Crippen molar-refractivity contribution in [1.29, 1.82) is 0 Å². The van der Waals surface area contributed by atoms with Gasteiger partial charge in [-0.1, -0.05) is 0 Å². The van der Waals surface area contributed by atoms with Gasteiger partial charge in [0, 0.05) is 26.1 Å². The van der Waals surface area contributed by atoms with Crippen LogP contribution in [0.5, 0.6) is 0 Å². The lowest BCUT2D eigenvalue weighted by molar-refractivity contribution is -0.151. The third-order valence-corrected chi connectivity index (χ3v) is 5.52. The zero-order valence-electron chi connectivity index (χ0n) is 17.7. The van der Waals surface area contributed by atoms with Gasteiger partial charge in [-0.25, -0.2) is 0 Å². The molecule has 162 valence electrons. The molecule has 0 aromatic carbocycles. The molecule has 2 heterocycles. The van der Waals surface area contributed by atoms with Gasteiger partial charge in [0.25, 0.3) is 0 Å². The first-order chi connectivity index (χ1) is 13.5. The van der Waals surface area contributed by atoms with E-state index in [4.69, 9.17) is 18.9 Å². The molecule has 0 N–H and O–H groups in total. The van der Waals surface area contributed by atoms with Gasteiger partial charge in [0.05, 0.1) is 24.4 Å². The highest BCUT2D eigenvalue weighted by atomic mass is 16.5. The fourth-order valence-electron chi connectivity index (χ4n) is 3.81. The molecule has 2 aliphatic heterocycles. The zero-order chi connectivity index (χ0) is 20.2. The van der Waals surface area contributed by atoms with E-state index in [1.807, 2.05) is 13.8 Å². The number of carbonyl (C=O) groups excluding carboxylic acids is 2. The molecule has 0 spiro atoms. The summed E-state index contributed by atoms with van der Waals surface area (Å²) in [5.74, 6) is -0.365. The van der Waals surface area contributed by atoms with Crippen LogP contribution in [0.25, 0.3) is 0 Å². The Hall–Kier alpha value is -1.14. The van der Waals surface area contributed by atoms with Gasteiger partial charge in [0.15, 0.2) is 0 Å². The Bertz CT molecular complexity index is 412. The maximum Gasteiger partial charge on any atom is 0.306 e. The van der Waals surface area contributed by atoms with Gasteiger partial charge >= 0.3 is 11.9 Å². The Kier molecular flexibility index (Phi) is 10.9. The second-order valence-corrected chi connectivity index (χ2v) is 8.23. The number of rotatable bonds is 13. The highest BCUT2D eigenvalue weighted by Crippen LogP contribution is 2.20. The smallest absolute Gasteiger partial charge is 0.306 e. The summed E-state index contributed by atoms with van der Waals surface area (Å²) in [5, 5.41) is 0. The van der Waals surface area contributed by atoms with Crippen LogP contribution in [0.2, 0.25) is 0 Å². The molecule has 6 nitrogen and oxygen atoms in total. The molecule has 28 heavy (non-hydrogen) atoms. The fraction of sp³-hybridized carbons (Fsp3) is 0.909. The van der Waals surface area contributed by atoms with Crippen LogP contribution in [0.4, 0.5) is 0 Å². The van der Waals surface area contributed by atoms with Crippen LogP contribution in [-0.2, 0) is 28.5 Å². The number of carbonyl (C=O) groups is 2. The predicted molar refractivity (Wildman–Crippen MR) is 106 cm³/mol. The third kappa shape index (κ3) is 9.87. The molecule has 0 aromatic rings. The Morgan fingerprint density at radius 2 is 1.25 bits per heavy atom. The number of hydrogen-bond donors (Lipinski definition) is 0. The first kappa shape index (κ1) is 23.1. The summed E-state index contributed by atoms with van der Waals surface area (Å²) in [4.78, 5) is 23.8. The largest absolute Gasteiger partial charge is 0.463 e. The Morgan fingerprint density at radius 3 is 1.61 bits per heavy atom. The number of esters is 2. The van der Waals surface area contributed by atoms with Crippen LogP contribution >= 0.6 is 0 Å². The Balaban J connectivity index is 1.44. The van der Waals surface area contributed by atoms with E-state index < -0.39 is 0 Å². The molecule has 0 bridgehead atoms. The minimum atomic E-state index is -0.182. The average Bonchev–Trinajstić information content (AvgIpc) is 3.35. The molecule has 0 amide bonds. The minimum absolute atomic E-state index is 0.0774. The quantitative estimate of drug-likeness (QED) is 0.340. The van der Waals surface area contributed by atoms with Crippen molar-refractivity contribution in [3.05, 3.63) is 0 Å². The van der Waals surface area contributed by atoms with E-state index >= 15 is 0 Å². The molecule has 0 aliphatic carbocycles. The lowest BCUT2D eigenvalue weighted by Gasteiger charge is -2.16. The molecule has 6 heteroatoms. The highest BCUT2D eigenvalue weighted by molar-refractivity contribution is 5.70. The third-order valence-electron chi connectivity index (χ3n) is 5.52. The van der Waals surface area contributed by atoms with Crippen molar-refractivity contribution in [3.63, 3.8) is 0 Å². The molecule has 2 fully saturated rings. The molecule has 0 unspecified atom stereocenters. The summed E-state index contributed by atoms with van der Waals surface area (Å²) in [5.41, 5.74) is 0. The normalized spacial score (nSPS) is 24.1. The van der Waals surface area contributed by atoms with E-state index in [9.17, 15) is 9.59 Å². The van der Waals surface area contributed by atoms with E-state index in [1.54, 1.807) is 0 Å². The molecular weight excluding hydrogens is 360 g/mol. The van der Waals surface area contributed by atoms with Crippen molar-refractivity contribution in [2.75, 3.05) is 13.2 Å². The standard InChI is InChI=1S/C22H38O6/c1-17(11-13-19-7-5-15-25-19)27-21(23)9-3-4-10-22(24)28-18(2)12-14-20-8-6-16-26-20/h17-20H,3-16H2,1-2H3/t17-,18+,19-,20+. The van der Waals surface area contributed by atoms with Crippen molar-refractivity contribution in [2.24, 2.45) is 0 Å². The number of ether oxygens (including phenoxy) is 4. The summed E-state index contributed by atoms with van der Waals surface area (Å²) in [6, 6.07) is 0. The van der Waals surface area contributed by atoms with E-state index in [0.717, 1.165) is 64.6 Å². The van der Waals surface area contributed by atoms with Gasteiger partial charge in [-0.3, -0.25) is 9.59 Å². The Morgan fingerprint density at radius 1 is 0.821 bits per heavy atom. The number of hydrogen-bond acceptors (Lipinski definition) is 6. The average molecular weight is 399 g/mol. The molecule has 0 radical (unpaired) electrons.